The van der Waals surface area contributed by atoms with Crippen LogP contribution < -0.4 is 11.0 Å². The summed E-state index contributed by atoms with van der Waals surface area (Å²) in [7, 11) is 0. The van der Waals surface area contributed by atoms with Crippen LogP contribution in [0.3, 0.4) is 0 Å². The topological polar surface area (TPSA) is 59.9 Å². The minimum absolute atomic E-state index is 0.124. The van der Waals surface area contributed by atoms with Crippen molar-refractivity contribution in [1.82, 2.24) is 9.97 Å². The van der Waals surface area contributed by atoms with Crippen LogP contribution in [-0.4, -0.2) is 9.97 Å². The molecule has 2 aliphatic heterocycles. The van der Waals surface area contributed by atoms with Gasteiger partial charge < -0.3 is 0 Å². The van der Waals surface area contributed by atoms with E-state index in [1.54, 1.807) is 0 Å². The van der Waals surface area contributed by atoms with Crippen LogP contribution in [0, 0.1) is 0 Å². The zero-order valence-electron chi connectivity index (χ0n) is 5.47. The van der Waals surface area contributed by atoms with Crippen LogP contribution in [0.4, 0.5) is 0 Å². The summed E-state index contributed by atoms with van der Waals surface area (Å²) in [4.78, 5) is 29.1. The Morgan fingerprint density at radius 1 is 1.00 bits per heavy atom. The van der Waals surface area contributed by atoms with Crippen LogP contribution in [0.25, 0.3) is 11.4 Å². The van der Waals surface area contributed by atoms with Gasteiger partial charge in [0.2, 0.25) is 0 Å². The van der Waals surface area contributed by atoms with E-state index in [2.05, 4.69) is 41.8 Å². The van der Waals surface area contributed by atoms with Gasteiger partial charge in [-0.05, 0) is 31.9 Å². The number of rotatable bonds is 0. The lowest BCUT2D eigenvalue weighted by Gasteiger charge is -1.80. The van der Waals surface area contributed by atoms with Crippen molar-refractivity contribution in [3.8, 4) is 11.4 Å². The summed E-state index contributed by atoms with van der Waals surface area (Å²) in [6, 6.07) is 0. The number of nitrogens with zero attached hydrogens (tertiary/aromatic N) is 2. The first-order chi connectivity index (χ1) is 5.61. The van der Waals surface area contributed by atoms with Crippen molar-refractivity contribution in [2.75, 3.05) is 0 Å². The van der Waals surface area contributed by atoms with E-state index in [0.717, 1.165) is 0 Å². The monoisotopic (exact) mass is 290 g/mol. The highest BCUT2D eigenvalue weighted by Crippen LogP contribution is 2.31. The first-order valence-electron chi connectivity index (χ1n) is 2.93. The lowest BCUT2D eigenvalue weighted by molar-refractivity contribution is 1.29. The van der Waals surface area contributed by atoms with E-state index in [1.165, 1.54) is 0 Å². The van der Waals surface area contributed by atoms with E-state index >= 15 is 0 Å². The molecule has 2 rings (SSSR count). The fourth-order valence-corrected chi connectivity index (χ4v) is 1.65. The van der Waals surface area contributed by atoms with Crippen LogP contribution >= 0.6 is 31.9 Å². The lowest BCUT2D eigenvalue weighted by atomic mass is 10.4. The maximum Gasteiger partial charge on any atom is 0.320 e. The van der Waals surface area contributed by atoms with E-state index in [9.17, 15) is 9.59 Å². The number of halogens is 2. The van der Waals surface area contributed by atoms with Crippen molar-refractivity contribution >= 4 is 31.9 Å². The Bertz CT molecular complexity index is 501. The Labute approximate surface area is 82.9 Å². The molecule has 0 spiro atoms. The second-order valence-corrected chi connectivity index (χ2v) is 3.70. The Balaban J connectivity index is 3.00. The molecule has 60 valence electrons. The van der Waals surface area contributed by atoms with Crippen molar-refractivity contribution in [1.29, 1.82) is 0 Å². The van der Waals surface area contributed by atoms with E-state index in [-0.39, 0.29) is 5.69 Å². The summed E-state index contributed by atoms with van der Waals surface area (Å²) >= 11 is 6.26. The molecule has 0 atom stereocenters. The van der Waals surface area contributed by atoms with Crippen molar-refractivity contribution in [3.63, 3.8) is 0 Å². The van der Waals surface area contributed by atoms with Gasteiger partial charge in [-0.2, -0.15) is 0 Å². The number of hydrogen-bond acceptors (Lipinski definition) is 4. The molecule has 0 fully saturated rings. The summed E-state index contributed by atoms with van der Waals surface area (Å²) in [5, 5.41) is 0. The molecule has 0 saturated carbocycles. The third kappa shape index (κ3) is 0.879. The highest BCUT2D eigenvalue weighted by atomic mass is 79.9. The molecule has 0 aromatic rings. The molecule has 4 nitrogen and oxygen atoms in total. The highest BCUT2D eigenvalue weighted by Gasteiger charge is 2.23. The lowest BCUT2D eigenvalue weighted by Crippen LogP contribution is -2.19. The molecule has 0 saturated heterocycles. The van der Waals surface area contributed by atoms with E-state index in [1.807, 2.05) is 0 Å². The fourth-order valence-electron chi connectivity index (χ4n) is 0.916. The molecule has 2 heterocycles. The number of hydrogen-bond donors (Lipinski definition) is 0. The molecule has 0 aromatic carbocycles. The molecule has 0 bridgehead atoms. The molecule has 0 N–H and O–H groups in total. The van der Waals surface area contributed by atoms with E-state index in [0.29, 0.717) is 14.8 Å². The maximum atomic E-state index is 11.0. The van der Waals surface area contributed by atoms with Gasteiger partial charge in [0.15, 0.2) is 0 Å². The highest BCUT2D eigenvalue weighted by molar-refractivity contribution is 9.13. The fraction of sp³-hybridized carbons (Fsp3) is 0. The molecule has 0 aliphatic carbocycles. The Morgan fingerprint density at radius 3 is 2.25 bits per heavy atom. The van der Waals surface area contributed by atoms with Crippen LogP contribution in [0.15, 0.2) is 18.7 Å². The normalized spacial score (nSPS) is 11.2. The molecule has 0 aromatic heterocycles. The van der Waals surface area contributed by atoms with Gasteiger partial charge in [0.05, 0.1) is 4.47 Å². The first-order valence-corrected chi connectivity index (χ1v) is 4.52. The van der Waals surface area contributed by atoms with Gasteiger partial charge in [0.1, 0.15) is 16.0 Å². The van der Waals surface area contributed by atoms with E-state index in [4.69, 9.17) is 0 Å². The molecule has 0 radical (unpaired) electrons. The average molecular weight is 292 g/mol. The SMILES string of the molecule is O=c1nc2c(Br)c(Br)nc-2c1=O. The first kappa shape index (κ1) is 8.00. The molecular weight excluding hydrogens is 292 g/mol. The summed E-state index contributed by atoms with van der Waals surface area (Å²) in [6.45, 7) is 0. The van der Waals surface area contributed by atoms with Gasteiger partial charge in [-0.15, -0.1) is 0 Å². The summed E-state index contributed by atoms with van der Waals surface area (Å²) in [6.07, 6.45) is 0. The summed E-state index contributed by atoms with van der Waals surface area (Å²) in [5.74, 6) is 0. The second kappa shape index (κ2) is 2.43. The van der Waals surface area contributed by atoms with Gasteiger partial charge in [-0.3, -0.25) is 9.59 Å². The smallest absolute Gasteiger partial charge is 0.281 e. The van der Waals surface area contributed by atoms with Crippen molar-refractivity contribution in [3.05, 3.63) is 29.7 Å². The van der Waals surface area contributed by atoms with Gasteiger partial charge in [-0.25, -0.2) is 9.97 Å². The molecule has 0 unspecified atom stereocenters. The van der Waals surface area contributed by atoms with Crippen LogP contribution in [0.1, 0.15) is 0 Å². The Hall–Kier alpha value is -0.620. The van der Waals surface area contributed by atoms with Crippen LogP contribution in [-0.2, 0) is 0 Å². The summed E-state index contributed by atoms with van der Waals surface area (Å²) in [5.41, 5.74) is -0.937. The quantitative estimate of drug-likeness (QED) is 0.671. The molecular formula is C6Br2N2O2. The van der Waals surface area contributed by atoms with Crippen molar-refractivity contribution in [2.24, 2.45) is 0 Å². The van der Waals surface area contributed by atoms with Gasteiger partial charge in [-0.1, -0.05) is 0 Å². The average Bonchev–Trinajstić information content (AvgIpc) is 2.43. The minimum Gasteiger partial charge on any atom is -0.281 e. The number of fused-ring (bicyclic) bond motifs is 1. The Kier molecular flexibility index (Phi) is 1.62. The molecule has 2 aliphatic rings. The van der Waals surface area contributed by atoms with Crippen molar-refractivity contribution < 1.29 is 0 Å². The maximum absolute atomic E-state index is 11.0. The van der Waals surface area contributed by atoms with Gasteiger partial charge >= 0.3 is 5.56 Å². The predicted molar refractivity (Wildman–Crippen MR) is 49.0 cm³/mol. The molecule has 12 heavy (non-hydrogen) atoms. The molecule has 6 heteroatoms. The van der Waals surface area contributed by atoms with Gasteiger partial charge in [0, 0.05) is 0 Å². The third-order valence-electron chi connectivity index (χ3n) is 1.45. The largest absolute Gasteiger partial charge is 0.320 e. The Morgan fingerprint density at radius 2 is 1.67 bits per heavy atom. The third-order valence-corrected chi connectivity index (χ3v) is 3.30. The van der Waals surface area contributed by atoms with E-state index < -0.39 is 11.0 Å². The summed E-state index contributed by atoms with van der Waals surface area (Å²) < 4.78 is 1.05. The minimum atomic E-state index is -0.749. The molecule has 0 amide bonds. The van der Waals surface area contributed by atoms with Crippen molar-refractivity contribution in [2.45, 2.75) is 0 Å². The van der Waals surface area contributed by atoms with Crippen LogP contribution in [0.5, 0.6) is 0 Å². The second-order valence-electron chi connectivity index (χ2n) is 2.16. The van der Waals surface area contributed by atoms with Crippen LogP contribution in [0.2, 0.25) is 0 Å². The zero-order valence-corrected chi connectivity index (χ0v) is 8.64. The van der Waals surface area contributed by atoms with Gasteiger partial charge in [0.25, 0.3) is 5.43 Å². The predicted octanol–water partition coefficient (Wildman–Crippen LogP) is 0.702. The zero-order chi connectivity index (χ0) is 8.88. The standard InChI is InChI=1S/C6Br2N2O2/c7-1-2-3(9-5(1)8)4(11)6(12)10-2. The number of aromatic nitrogens is 2.